The monoisotopic (exact) mass is 314 g/mol. The molecule has 1 atom stereocenters. The summed E-state index contributed by atoms with van der Waals surface area (Å²) in [6.45, 7) is 3.83. The van der Waals surface area contributed by atoms with Gasteiger partial charge in [-0.2, -0.15) is 0 Å². The second kappa shape index (κ2) is 6.42. The summed E-state index contributed by atoms with van der Waals surface area (Å²) in [5, 5.41) is 29.8. The molecule has 4 nitrogen and oxygen atoms in total. The van der Waals surface area contributed by atoms with Gasteiger partial charge in [0.05, 0.1) is 0 Å². The number of aliphatic hydroxyl groups is 1. The Labute approximate surface area is 136 Å². The van der Waals surface area contributed by atoms with Crippen LogP contribution in [-0.2, 0) is 16.6 Å². The number of carboxylic acids is 1. The molecule has 2 rings (SSSR count). The maximum Gasteiger partial charge on any atom is 0.336 e. The van der Waals surface area contributed by atoms with Gasteiger partial charge < -0.3 is 15.3 Å². The largest absolute Gasteiger partial charge is 0.508 e. The molecule has 122 valence electrons. The van der Waals surface area contributed by atoms with Crippen LogP contribution in [0.15, 0.2) is 54.6 Å². The van der Waals surface area contributed by atoms with E-state index in [4.69, 9.17) is 0 Å². The van der Waals surface area contributed by atoms with Crippen molar-refractivity contribution in [2.75, 3.05) is 0 Å². The molecule has 1 unspecified atom stereocenters. The molecule has 0 aliphatic heterocycles. The number of hydrogen-bond acceptors (Lipinski definition) is 3. The molecule has 0 bridgehead atoms. The quantitative estimate of drug-likeness (QED) is 0.765. The van der Waals surface area contributed by atoms with Gasteiger partial charge in [0.2, 0.25) is 0 Å². The van der Waals surface area contributed by atoms with Crippen molar-refractivity contribution in [2.24, 2.45) is 0 Å². The lowest BCUT2D eigenvalue weighted by Crippen LogP contribution is -2.45. The second-order valence-electron chi connectivity index (χ2n) is 6.61. The number of carboxylic acid groups (broad SMARTS) is 1. The van der Waals surface area contributed by atoms with Crippen molar-refractivity contribution in [2.45, 2.75) is 37.7 Å². The smallest absolute Gasteiger partial charge is 0.336 e. The third-order valence-electron chi connectivity index (χ3n) is 4.09. The number of hydrogen-bond donors (Lipinski definition) is 3. The highest BCUT2D eigenvalue weighted by Crippen LogP contribution is 2.34. The molecule has 0 aliphatic rings. The maximum atomic E-state index is 11.7. The van der Waals surface area contributed by atoms with Crippen LogP contribution in [0.1, 0.15) is 31.4 Å². The van der Waals surface area contributed by atoms with Crippen molar-refractivity contribution >= 4 is 5.97 Å². The molecular formula is C19H22O4. The number of rotatable bonds is 6. The van der Waals surface area contributed by atoms with Crippen molar-refractivity contribution in [1.29, 1.82) is 0 Å². The van der Waals surface area contributed by atoms with Crippen LogP contribution in [0, 0.1) is 0 Å². The number of aliphatic carboxylic acids is 1. The first-order chi connectivity index (χ1) is 10.7. The van der Waals surface area contributed by atoms with E-state index in [0.29, 0.717) is 5.56 Å². The lowest BCUT2D eigenvalue weighted by Gasteiger charge is -2.34. The molecule has 23 heavy (non-hydrogen) atoms. The van der Waals surface area contributed by atoms with Crippen molar-refractivity contribution in [3.05, 3.63) is 65.7 Å². The van der Waals surface area contributed by atoms with Crippen LogP contribution in [-0.4, -0.2) is 26.9 Å². The highest BCUT2D eigenvalue weighted by molar-refractivity contribution is 5.78. The van der Waals surface area contributed by atoms with Crippen LogP contribution in [0.25, 0.3) is 0 Å². The number of aromatic hydroxyl groups is 1. The van der Waals surface area contributed by atoms with Gasteiger partial charge in [-0.3, -0.25) is 0 Å². The maximum absolute atomic E-state index is 11.7. The van der Waals surface area contributed by atoms with Crippen molar-refractivity contribution in [3.8, 4) is 5.75 Å². The van der Waals surface area contributed by atoms with E-state index in [1.165, 1.54) is 12.1 Å². The SMILES string of the molecule is CC(C)(CC(O)(Cc1cccc(O)c1)C(=O)O)c1ccccc1. The Hall–Kier alpha value is -2.33. The zero-order valence-corrected chi connectivity index (χ0v) is 13.4. The van der Waals surface area contributed by atoms with Crippen LogP contribution < -0.4 is 0 Å². The fourth-order valence-corrected chi connectivity index (χ4v) is 2.94. The van der Waals surface area contributed by atoms with Crippen LogP contribution in [0.4, 0.5) is 0 Å². The van der Waals surface area contributed by atoms with Gasteiger partial charge in [0.1, 0.15) is 5.75 Å². The minimum Gasteiger partial charge on any atom is -0.508 e. The van der Waals surface area contributed by atoms with E-state index in [-0.39, 0.29) is 18.6 Å². The van der Waals surface area contributed by atoms with Gasteiger partial charge in [0, 0.05) is 6.42 Å². The number of carbonyl (C=O) groups is 1. The second-order valence-corrected chi connectivity index (χ2v) is 6.61. The lowest BCUT2D eigenvalue weighted by molar-refractivity contribution is -0.160. The third kappa shape index (κ3) is 4.11. The summed E-state index contributed by atoms with van der Waals surface area (Å²) in [4.78, 5) is 11.7. The van der Waals surface area contributed by atoms with Crippen molar-refractivity contribution in [3.63, 3.8) is 0 Å². The standard InChI is InChI=1S/C19H22O4/c1-18(2,15-8-4-3-5-9-15)13-19(23,17(21)22)12-14-7-6-10-16(20)11-14/h3-11,20,23H,12-13H2,1-2H3,(H,21,22). The average molecular weight is 314 g/mol. The zero-order chi connectivity index (χ0) is 17.1. The molecule has 0 saturated heterocycles. The van der Waals surface area contributed by atoms with Gasteiger partial charge >= 0.3 is 5.97 Å². The first kappa shape index (κ1) is 17.0. The Morgan fingerprint density at radius 1 is 1.04 bits per heavy atom. The number of benzene rings is 2. The summed E-state index contributed by atoms with van der Waals surface area (Å²) in [6, 6.07) is 15.9. The fraction of sp³-hybridized carbons (Fsp3) is 0.316. The molecule has 0 aliphatic carbocycles. The predicted molar refractivity (Wildman–Crippen MR) is 88.5 cm³/mol. The van der Waals surface area contributed by atoms with Gasteiger partial charge in [-0.15, -0.1) is 0 Å². The lowest BCUT2D eigenvalue weighted by atomic mass is 9.73. The highest BCUT2D eigenvalue weighted by Gasteiger charge is 2.42. The molecule has 0 saturated carbocycles. The van der Waals surface area contributed by atoms with Crippen molar-refractivity contribution in [1.82, 2.24) is 0 Å². The molecule has 0 spiro atoms. The molecule has 4 heteroatoms. The van der Waals surface area contributed by atoms with E-state index in [0.717, 1.165) is 5.56 Å². The molecule has 0 radical (unpaired) electrons. The predicted octanol–water partition coefficient (Wildman–Crippen LogP) is 3.12. The van der Waals surface area contributed by atoms with Crippen LogP contribution in [0.3, 0.4) is 0 Å². The van der Waals surface area contributed by atoms with Crippen LogP contribution >= 0.6 is 0 Å². The van der Waals surface area contributed by atoms with E-state index in [9.17, 15) is 20.1 Å². The normalized spacial score (nSPS) is 14.2. The van der Waals surface area contributed by atoms with E-state index in [1.807, 2.05) is 44.2 Å². The molecule has 0 heterocycles. The van der Waals surface area contributed by atoms with E-state index >= 15 is 0 Å². The van der Waals surface area contributed by atoms with Gasteiger partial charge in [-0.25, -0.2) is 4.79 Å². The minimum atomic E-state index is -1.91. The summed E-state index contributed by atoms with van der Waals surface area (Å²) < 4.78 is 0. The Kier molecular flexibility index (Phi) is 4.76. The van der Waals surface area contributed by atoms with E-state index < -0.39 is 17.0 Å². The van der Waals surface area contributed by atoms with Crippen LogP contribution in [0.2, 0.25) is 0 Å². The summed E-state index contributed by atoms with van der Waals surface area (Å²) in [5.41, 5.74) is -0.868. The fourth-order valence-electron chi connectivity index (χ4n) is 2.94. The van der Waals surface area contributed by atoms with Gasteiger partial charge in [0.15, 0.2) is 5.60 Å². The topological polar surface area (TPSA) is 77.8 Å². The molecule has 0 fully saturated rings. The molecule has 3 N–H and O–H groups in total. The first-order valence-electron chi connectivity index (χ1n) is 7.52. The molecule has 0 aromatic heterocycles. The van der Waals surface area contributed by atoms with Gasteiger partial charge in [0.25, 0.3) is 0 Å². The number of phenols is 1. The van der Waals surface area contributed by atoms with E-state index in [1.54, 1.807) is 12.1 Å². The summed E-state index contributed by atoms with van der Waals surface area (Å²) in [5.74, 6) is -1.21. The minimum absolute atomic E-state index is 0.0533. The Bertz CT molecular complexity index is 679. The molecule has 0 amide bonds. The summed E-state index contributed by atoms with van der Waals surface area (Å²) in [6.07, 6.45) is 0.00198. The highest BCUT2D eigenvalue weighted by atomic mass is 16.4. The summed E-state index contributed by atoms with van der Waals surface area (Å²) >= 11 is 0. The molecular weight excluding hydrogens is 292 g/mol. The summed E-state index contributed by atoms with van der Waals surface area (Å²) in [7, 11) is 0. The Morgan fingerprint density at radius 3 is 2.26 bits per heavy atom. The van der Waals surface area contributed by atoms with Gasteiger partial charge in [-0.1, -0.05) is 56.3 Å². The first-order valence-corrected chi connectivity index (χ1v) is 7.52. The van der Waals surface area contributed by atoms with Crippen molar-refractivity contribution < 1.29 is 20.1 Å². The zero-order valence-electron chi connectivity index (χ0n) is 13.4. The Balaban J connectivity index is 2.29. The third-order valence-corrected chi connectivity index (χ3v) is 4.09. The van der Waals surface area contributed by atoms with Crippen LogP contribution in [0.5, 0.6) is 5.75 Å². The number of phenolic OH excluding ortho intramolecular Hbond substituents is 1. The van der Waals surface area contributed by atoms with Gasteiger partial charge in [-0.05, 0) is 35.1 Å². The average Bonchev–Trinajstić information content (AvgIpc) is 2.47. The van der Waals surface area contributed by atoms with E-state index in [2.05, 4.69) is 0 Å². The molecule has 2 aromatic carbocycles. The Morgan fingerprint density at radius 2 is 1.70 bits per heavy atom. The molecule has 2 aromatic rings.